The van der Waals surface area contributed by atoms with Crippen LogP contribution in [0.1, 0.15) is 11.1 Å². The summed E-state index contributed by atoms with van der Waals surface area (Å²) in [5.41, 5.74) is 2.41. The van der Waals surface area contributed by atoms with Crippen LogP contribution in [0.15, 0.2) is 53.5 Å². The summed E-state index contributed by atoms with van der Waals surface area (Å²) in [5.74, 6) is 0.586. The number of nitro benzene ring substituents is 1. The molecule has 0 fully saturated rings. The number of benzene rings is 2. The molecular formula is C20H24F3N5O3. The van der Waals surface area contributed by atoms with Crippen LogP contribution in [0.25, 0.3) is 0 Å². The number of nitrogens with zero attached hydrogens (tertiary/aromatic N) is 2. The highest BCUT2D eigenvalue weighted by Gasteiger charge is 2.27. The van der Waals surface area contributed by atoms with Crippen LogP contribution >= 0.6 is 0 Å². The lowest BCUT2D eigenvalue weighted by Crippen LogP contribution is -2.39. The van der Waals surface area contributed by atoms with Gasteiger partial charge in [-0.05, 0) is 23.3 Å². The highest BCUT2D eigenvalue weighted by Crippen LogP contribution is 2.16. The quantitative estimate of drug-likeness (QED) is 0.172. The number of non-ortho nitro benzene ring substituents is 1. The number of aliphatic imine (C=N–C) groups is 1. The van der Waals surface area contributed by atoms with Crippen LogP contribution in [0, 0.1) is 10.1 Å². The van der Waals surface area contributed by atoms with Crippen LogP contribution in [0.5, 0.6) is 0 Å². The summed E-state index contributed by atoms with van der Waals surface area (Å²) < 4.78 is 40.9. The minimum atomic E-state index is -4.33. The molecule has 2 aromatic carbocycles. The molecule has 0 spiro atoms. The Morgan fingerprint density at radius 3 is 2.26 bits per heavy atom. The largest absolute Gasteiger partial charge is 0.411 e. The van der Waals surface area contributed by atoms with Crippen molar-refractivity contribution in [1.82, 2.24) is 10.6 Å². The van der Waals surface area contributed by atoms with Crippen molar-refractivity contribution in [3.05, 3.63) is 69.8 Å². The Morgan fingerprint density at radius 2 is 1.68 bits per heavy atom. The van der Waals surface area contributed by atoms with Gasteiger partial charge in [-0.25, -0.2) is 0 Å². The molecule has 0 radical (unpaired) electrons. The van der Waals surface area contributed by atoms with Crippen LogP contribution in [0.4, 0.5) is 24.5 Å². The Hall–Kier alpha value is -3.34. The predicted octanol–water partition coefficient (Wildman–Crippen LogP) is 3.45. The van der Waals surface area contributed by atoms with Crippen LogP contribution in [-0.2, 0) is 17.9 Å². The van der Waals surface area contributed by atoms with Crippen molar-refractivity contribution in [2.45, 2.75) is 19.3 Å². The van der Waals surface area contributed by atoms with Gasteiger partial charge in [-0.1, -0.05) is 24.3 Å². The number of alkyl halides is 3. The number of nitrogens with one attached hydrogen (secondary N) is 3. The zero-order valence-electron chi connectivity index (χ0n) is 16.9. The number of nitro groups is 1. The first-order valence-electron chi connectivity index (χ1n) is 9.42. The van der Waals surface area contributed by atoms with Gasteiger partial charge in [-0.15, -0.1) is 0 Å². The van der Waals surface area contributed by atoms with Gasteiger partial charge in [0.2, 0.25) is 0 Å². The van der Waals surface area contributed by atoms with E-state index in [1.165, 1.54) is 12.1 Å². The molecule has 3 N–H and O–H groups in total. The van der Waals surface area contributed by atoms with Gasteiger partial charge >= 0.3 is 6.18 Å². The van der Waals surface area contributed by atoms with Gasteiger partial charge in [-0.3, -0.25) is 15.1 Å². The molecule has 8 nitrogen and oxygen atoms in total. The minimum absolute atomic E-state index is 0.0372. The van der Waals surface area contributed by atoms with Crippen molar-refractivity contribution in [2.24, 2.45) is 4.99 Å². The number of guanidine groups is 1. The van der Waals surface area contributed by atoms with Crippen LogP contribution in [0.3, 0.4) is 0 Å². The van der Waals surface area contributed by atoms with Gasteiger partial charge in [0.25, 0.3) is 5.69 Å². The van der Waals surface area contributed by atoms with E-state index in [1.807, 2.05) is 12.1 Å². The van der Waals surface area contributed by atoms with E-state index in [9.17, 15) is 23.3 Å². The van der Waals surface area contributed by atoms with Gasteiger partial charge in [-0.2, -0.15) is 13.2 Å². The first-order chi connectivity index (χ1) is 14.8. The van der Waals surface area contributed by atoms with E-state index < -0.39 is 17.7 Å². The number of rotatable bonds is 10. The number of halogens is 3. The Labute approximate surface area is 177 Å². The molecule has 0 aromatic heterocycles. The van der Waals surface area contributed by atoms with Crippen molar-refractivity contribution < 1.29 is 22.8 Å². The topological polar surface area (TPSA) is 101 Å². The van der Waals surface area contributed by atoms with E-state index in [0.717, 1.165) is 11.3 Å². The Balaban J connectivity index is 1.68. The predicted molar refractivity (Wildman–Crippen MR) is 112 cm³/mol. The Kier molecular flexibility index (Phi) is 9.07. The average molecular weight is 439 g/mol. The molecule has 11 heteroatoms. The fourth-order valence-electron chi connectivity index (χ4n) is 2.53. The van der Waals surface area contributed by atoms with Gasteiger partial charge in [0.1, 0.15) is 6.61 Å². The maximum atomic E-state index is 12.1. The molecule has 0 saturated heterocycles. The summed E-state index contributed by atoms with van der Waals surface area (Å²) in [5, 5.41) is 20.1. The van der Waals surface area contributed by atoms with Crippen LogP contribution in [0.2, 0.25) is 0 Å². The van der Waals surface area contributed by atoms with Gasteiger partial charge in [0, 0.05) is 44.5 Å². The maximum Gasteiger partial charge on any atom is 0.411 e. The van der Waals surface area contributed by atoms with E-state index in [-0.39, 0.29) is 12.3 Å². The van der Waals surface area contributed by atoms with Gasteiger partial charge < -0.3 is 20.7 Å². The molecule has 0 aliphatic carbocycles. The number of ether oxygens (including phenoxy) is 1. The smallest absolute Gasteiger partial charge is 0.383 e. The number of anilines is 1. The van der Waals surface area contributed by atoms with Gasteiger partial charge in [0.15, 0.2) is 5.96 Å². The summed E-state index contributed by atoms with van der Waals surface area (Å²) in [4.78, 5) is 14.3. The first kappa shape index (κ1) is 23.9. The third-order valence-electron chi connectivity index (χ3n) is 4.07. The number of hydrogen-bond acceptors (Lipinski definition) is 5. The molecule has 2 aromatic rings. The lowest BCUT2D eigenvalue weighted by Gasteiger charge is -2.13. The Morgan fingerprint density at radius 1 is 1.03 bits per heavy atom. The SMILES string of the molecule is CN=C(NCCNc1ccc([N+](=O)[O-])cc1)NCc1ccc(COCC(F)(F)F)cc1. The molecule has 168 valence electrons. The van der Waals surface area contributed by atoms with Gasteiger partial charge in [0.05, 0.1) is 11.5 Å². The van der Waals surface area contributed by atoms with Crippen molar-refractivity contribution >= 4 is 17.3 Å². The van der Waals surface area contributed by atoms with E-state index in [2.05, 4.69) is 25.7 Å². The average Bonchev–Trinajstić information content (AvgIpc) is 2.73. The van der Waals surface area contributed by atoms with Crippen molar-refractivity contribution in [3.8, 4) is 0 Å². The second-order valence-electron chi connectivity index (χ2n) is 6.51. The third kappa shape index (κ3) is 9.34. The lowest BCUT2D eigenvalue weighted by molar-refractivity contribution is -0.384. The zero-order valence-corrected chi connectivity index (χ0v) is 16.9. The van der Waals surface area contributed by atoms with E-state index in [4.69, 9.17) is 0 Å². The highest BCUT2D eigenvalue weighted by molar-refractivity contribution is 5.79. The molecule has 0 saturated carbocycles. The molecule has 0 heterocycles. The van der Waals surface area contributed by atoms with E-state index in [0.29, 0.717) is 31.2 Å². The van der Waals surface area contributed by atoms with E-state index in [1.54, 1.807) is 31.3 Å². The summed E-state index contributed by atoms with van der Waals surface area (Å²) in [6.07, 6.45) is -4.33. The van der Waals surface area contributed by atoms with E-state index >= 15 is 0 Å². The fraction of sp³-hybridized carbons (Fsp3) is 0.350. The van der Waals surface area contributed by atoms with Crippen molar-refractivity contribution in [1.29, 1.82) is 0 Å². The Bertz CT molecular complexity index is 856. The number of hydrogen-bond donors (Lipinski definition) is 3. The zero-order chi connectivity index (χ0) is 22.7. The van der Waals surface area contributed by atoms with Crippen molar-refractivity contribution in [3.63, 3.8) is 0 Å². The molecule has 0 atom stereocenters. The van der Waals surface area contributed by atoms with Crippen LogP contribution in [-0.4, -0.2) is 43.8 Å². The second-order valence-corrected chi connectivity index (χ2v) is 6.51. The highest BCUT2D eigenvalue weighted by atomic mass is 19.4. The first-order valence-corrected chi connectivity index (χ1v) is 9.42. The third-order valence-corrected chi connectivity index (χ3v) is 4.07. The van der Waals surface area contributed by atoms with Crippen LogP contribution < -0.4 is 16.0 Å². The molecule has 2 rings (SSSR count). The molecule has 0 aliphatic heterocycles. The summed E-state index contributed by atoms with van der Waals surface area (Å²) >= 11 is 0. The lowest BCUT2D eigenvalue weighted by atomic mass is 10.1. The molecule has 0 aliphatic rings. The summed E-state index contributed by atoms with van der Waals surface area (Å²) in [6.45, 7) is 0.256. The minimum Gasteiger partial charge on any atom is -0.383 e. The molecular weight excluding hydrogens is 415 g/mol. The fourth-order valence-corrected chi connectivity index (χ4v) is 2.53. The van der Waals surface area contributed by atoms with Crippen molar-refractivity contribution in [2.75, 3.05) is 32.1 Å². The standard InChI is InChI=1S/C20H24F3N5O3/c1-24-19(26-11-10-25-17-6-8-18(9-7-17)28(29)30)27-12-15-2-4-16(5-3-15)13-31-14-20(21,22)23/h2-9,25H,10-14H2,1H3,(H2,24,26,27). The maximum absolute atomic E-state index is 12.1. The second kappa shape index (κ2) is 11.7. The monoisotopic (exact) mass is 439 g/mol. The molecule has 0 unspecified atom stereocenters. The molecule has 0 bridgehead atoms. The molecule has 0 amide bonds. The summed E-state index contributed by atoms with van der Waals surface area (Å²) in [6, 6.07) is 13.2. The molecule has 31 heavy (non-hydrogen) atoms. The summed E-state index contributed by atoms with van der Waals surface area (Å²) in [7, 11) is 1.64. The normalized spacial score (nSPS) is 11.8.